The van der Waals surface area contributed by atoms with Crippen molar-refractivity contribution in [1.82, 2.24) is 9.71 Å². The van der Waals surface area contributed by atoms with Gasteiger partial charge in [-0.1, -0.05) is 17.7 Å². The zero-order valence-electron chi connectivity index (χ0n) is 18.7. The highest BCUT2D eigenvalue weighted by Gasteiger charge is 2.59. The van der Waals surface area contributed by atoms with E-state index >= 15 is 4.39 Å². The number of sulfonamides is 1. The SMILES string of the molecule is O=S(=O)(N[C@@H]1CC[C@@]2(S(=O)(=O)c3ccc(Cl)cc3)c3c(F)ccc(F)c3OC[C@H]2C1)c1ccccn1. The summed E-state index contributed by atoms with van der Waals surface area (Å²) in [7, 11) is -8.29. The number of sulfone groups is 1. The average Bonchev–Trinajstić information content (AvgIpc) is 2.86. The highest BCUT2D eigenvalue weighted by Crippen LogP contribution is 2.56. The van der Waals surface area contributed by atoms with Crippen LogP contribution in [-0.2, 0) is 24.6 Å². The zero-order valence-corrected chi connectivity index (χ0v) is 21.1. The summed E-state index contributed by atoms with van der Waals surface area (Å²) in [6, 6.07) is 11.0. The molecule has 0 spiro atoms. The molecule has 36 heavy (non-hydrogen) atoms. The minimum absolute atomic E-state index is 0.0221. The van der Waals surface area contributed by atoms with Crippen LogP contribution in [0.1, 0.15) is 24.8 Å². The van der Waals surface area contributed by atoms with Crippen molar-refractivity contribution in [2.45, 2.75) is 40.0 Å². The van der Waals surface area contributed by atoms with Gasteiger partial charge in [0.15, 0.2) is 26.4 Å². The molecule has 0 radical (unpaired) electrons. The van der Waals surface area contributed by atoms with Crippen LogP contribution < -0.4 is 9.46 Å². The molecule has 12 heteroatoms. The summed E-state index contributed by atoms with van der Waals surface area (Å²) in [5.74, 6) is -3.07. The standard InChI is InChI=1S/C24H21ClF2N2O5S2/c25-16-4-6-18(7-5-16)35(30,31)24-11-10-17(29-36(32,33)21-3-1-2-12-28-21)13-15(24)14-34-23-20(27)9-8-19(26)22(23)24/h1-9,12,15,17,29H,10-11,13-14H2/t15-,17-,24+/m1/s1. The Morgan fingerprint density at radius 3 is 2.42 bits per heavy atom. The lowest BCUT2D eigenvalue weighted by Gasteiger charge is -2.49. The summed E-state index contributed by atoms with van der Waals surface area (Å²) >= 11 is 5.95. The van der Waals surface area contributed by atoms with Crippen molar-refractivity contribution < 1.29 is 30.4 Å². The highest BCUT2D eigenvalue weighted by atomic mass is 35.5. The van der Waals surface area contributed by atoms with Gasteiger partial charge in [-0.2, -0.15) is 0 Å². The normalized spacial score (nSPS) is 23.9. The monoisotopic (exact) mass is 554 g/mol. The van der Waals surface area contributed by atoms with Gasteiger partial charge in [0.25, 0.3) is 10.0 Å². The summed E-state index contributed by atoms with van der Waals surface area (Å²) < 4.78 is 90.3. The molecule has 0 bridgehead atoms. The Hall–Kier alpha value is -2.60. The molecule has 2 heterocycles. The van der Waals surface area contributed by atoms with Crippen LogP contribution in [0.5, 0.6) is 5.75 Å². The third kappa shape index (κ3) is 3.98. The van der Waals surface area contributed by atoms with E-state index in [-0.39, 0.29) is 41.4 Å². The fraction of sp³-hybridized carbons (Fsp3) is 0.292. The first-order valence-electron chi connectivity index (χ1n) is 11.1. The van der Waals surface area contributed by atoms with E-state index < -0.39 is 54.0 Å². The predicted molar refractivity (Wildman–Crippen MR) is 128 cm³/mol. The van der Waals surface area contributed by atoms with Gasteiger partial charge in [0.05, 0.1) is 17.1 Å². The molecule has 1 aliphatic heterocycles. The van der Waals surface area contributed by atoms with Crippen LogP contribution in [0.4, 0.5) is 8.78 Å². The molecule has 5 rings (SSSR count). The first-order chi connectivity index (χ1) is 17.1. The Morgan fingerprint density at radius 1 is 1.00 bits per heavy atom. The number of hydrogen-bond acceptors (Lipinski definition) is 6. The van der Waals surface area contributed by atoms with Crippen molar-refractivity contribution in [3.63, 3.8) is 0 Å². The molecule has 1 saturated carbocycles. The average molecular weight is 555 g/mol. The molecule has 0 saturated heterocycles. The molecule has 190 valence electrons. The van der Waals surface area contributed by atoms with Crippen molar-refractivity contribution in [1.29, 1.82) is 0 Å². The summed E-state index contributed by atoms with van der Waals surface area (Å²) in [6.45, 7) is -0.234. The van der Waals surface area contributed by atoms with Gasteiger partial charge in [-0.05, 0) is 67.8 Å². The van der Waals surface area contributed by atoms with Crippen molar-refractivity contribution >= 4 is 31.5 Å². The van der Waals surface area contributed by atoms with Crippen LogP contribution in [0.3, 0.4) is 0 Å². The minimum Gasteiger partial charge on any atom is -0.490 e. The first kappa shape index (κ1) is 25.1. The van der Waals surface area contributed by atoms with Crippen LogP contribution in [0.2, 0.25) is 5.02 Å². The van der Waals surface area contributed by atoms with E-state index in [1.165, 1.54) is 42.6 Å². The Balaban J connectivity index is 1.59. The molecular formula is C24H21ClF2N2O5S2. The minimum atomic E-state index is -4.31. The molecule has 1 N–H and O–H groups in total. The van der Waals surface area contributed by atoms with Crippen LogP contribution in [0.15, 0.2) is 70.7 Å². The van der Waals surface area contributed by atoms with E-state index in [0.717, 1.165) is 12.1 Å². The van der Waals surface area contributed by atoms with Crippen LogP contribution in [0, 0.1) is 17.6 Å². The van der Waals surface area contributed by atoms with Gasteiger partial charge in [0.2, 0.25) is 0 Å². The molecule has 2 aliphatic rings. The van der Waals surface area contributed by atoms with Crippen molar-refractivity contribution in [3.8, 4) is 5.75 Å². The third-order valence-corrected chi connectivity index (χ3v) is 11.1. The molecule has 1 fully saturated rings. The maximum absolute atomic E-state index is 15.3. The zero-order chi connectivity index (χ0) is 25.7. The summed E-state index contributed by atoms with van der Waals surface area (Å²) in [5.41, 5.74) is -0.361. The lowest BCUT2D eigenvalue weighted by atomic mass is 9.71. The van der Waals surface area contributed by atoms with Gasteiger partial charge < -0.3 is 4.74 Å². The van der Waals surface area contributed by atoms with Gasteiger partial charge in [-0.3, -0.25) is 0 Å². The molecular weight excluding hydrogens is 534 g/mol. The van der Waals surface area contributed by atoms with E-state index in [1.54, 1.807) is 6.07 Å². The van der Waals surface area contributed by atoms with Crippen LogP contribution >= 0.6 is 11.6 Å². The smallest absolute Gasteiger partial charge is 0.258 e. The molecule has 3 aromatic rings. The van der Waals surface area contributed by atoms with Gasteiger partial charge >= 0.3 is 0 Å². The third-order valence-electron chi connectivity index (χ3n) is 6.84. The molecule has 1 aliphatic carbocycles. The van der Waals surface area contributed by atoms with E-state index in [2.05, 4.69) is 9.71 Å². The maximum atomic E-state index is 15.3. The van der Waals surface area contributed by atoms with Crippen LogP contribution in [0.25, 0.3) is 0 Å². The number of benzene rings is 2. The second kappa shape index (κ2) is 9.05. The Morgan fingerprint density at radius 2 is 1.72 bits per heavy atom. The molecule has 1 aromatic heterocycles. The highest BCUT2D eigenvalue weighted by molar-refractivity contribution is 7.92. The Bertz CT molecular complexity index is 1520. The number of hydrogen-bond donors (Lipinski definition) is 1. The number of ether oxygens (including phenoxy) is 1. The number of rotatable bonds is 5. The fourth-order valence-electron chi connectivity index (χ4n) is 5.23. The second-order valence-corrected chi connectivity index (χ2v) is 13.2. The first-order valence-corrected chi connectivity index (χ1v) is 14.5. The number of aromatic nitrogens is 1. The number of nitrogens with one attached hydrogen (secondary N) is 1. The van der Waals surface area contributed by atoms with Gasteiger partial charge in [-0.15, -0.1) is 0 Å². The Labute approximate surface area is 212 Å². The van der Waals surface area contributed by atoms with Gasteiger partial charge in [0.1, 0.15) is 10.6 Å². The topological polar surface area (TPSA) is 102 Å². The van der Waals surface area contributed by atoms with Crippen molar-refractivity contribution in [2.24, 2.45) is 5.92 Å². The van der Waals surface area contributed by atoms with E-state index in [4.69, 9.17) is 16.3 Å². The molecule has 2 aromatic carbocycles. The summed E-state index contributed by atoms with van der Waals surface area (Å²) in [4.78, 5) is 3.78. The summed E-state index contributed by atoms with van der Waals surface area (Å²) in [6.07, 6.45) is 1.27. The largest absolute Gasteiger partial charge is 0.490 e. The number of pyridine rings is 1. The van der Waals surface area contributed by atoms with E-state index in [9.17, 15) is 21.2 Å². The molecule has 0 amide bonds. The predicted octanol–water partition coefficient (Wildman–Crippen LogP) is 4.22. The summed E-state index contributed by atoms with van der Waals surface area (Å²) in [5, 5.41) is 0.147. The Kier molecular flexibility index (Phi) is 6.30. The number of nitrogens with zero attached hydrogens (tertiary/aromatic N) is 1. The maximum Gasteiger partial charge on any atom is 0.258 e. The lowest BCUT2D eigenvalue weighted by molar-refractivity contribution is 0.113. The van der Waals surface area contributed by atoms with Crippen molar-refractivity contribution in [2.75, 3.05) is 6.61 Å². The fourth-order valence-corrected chi connectivity index (χ4v) is 8.95. The van der Waals surface area contributed by atoms with Gasteiger partial charge in [-0.25, -0.2) is 35.3 Å². The number of fused-ring (bicyclic) bond motifs is 3. The van der Waals surface area contributed by atoms with Gasteiger partial charge in [0, 0.05) is 23.2 Å². The molecule has 7 nitrogen and oxygen atoms in total. The molecule has 0 unspecified atom stereocenters. The quantitative estimate of drug-likeness (QED) is 0.506. The van der Waals surface area contributed by atoms with Crippen LogP contribution in [-0.4, -0.2) is 34.5 Å². The van der Waals surface area contributed by atoms with E-state index in [1.807, 2.05) is 0 Å². The molecule has 3 atom stereocenters. The van der Waals surface area contributed by atoms with Crippen molar-refractivity contribution in [3.05, 3.63) is 83.0 Å². The van der Waals surface area contributed by atoms with E-state index in [0.29, 0.717) is 5.02 Å². The lowest BCUT2D eigenvalue weighted by Crippen LogP contribution is -2.55. The number of halogens is 3. The second-order valence-electron chi connectivity index (χ2n) is 8.85.